The van der Waals surface area contributed by atoms with Gasteiger partial charge in [0.05, 0.1) is 23.4 Å². The number of pyridine rings is 2. The number of piperazine rings is 1. The first-order valence-corrected chi connectivity index (χ1v) is 13.6. The molecule has 5 heterocycles. The van der Waals surface area contributed by atoms with Crippen LogP contribution in [0.1, 0.15) is 11.3 Å². The van der Waals surface area contributed by atoms with Gasteiger partial charge in [0, 0.05) is 69.5 Å². The molecule has 1 N–H and O–H groups in total. The second-order valence-electron chi connectivity index (χ2n) is 9.70. The van der Waals surface area contributed by atoms with Crippen molar-refractivity contribution in [3.8, 4) is 11.4 Å². The van der Waals surface area contributed by atoms with Gasteiger partial charge in [0.2, 0.25) is 0 Å². The number of halogens is 4. The van der Waals surface area contributed by atoms with Crippen LogP contribution in [0.4, 0.5) is 24.5 Å². The standard InChI is InChI=1S/C27H27BrF3N7O/c28-21-16-33-26-23(34-25(35-26)19-2-4-20(5-3-19)37-11-13-39-14-12-37)24(21)38-9-7-36(8-10-38)17-18-1-6-22(32-15-18)27(29,30)31/h1-6,15-16H,7-14,17H2,(H,33,34,35). The molecule has 0 amide bonds. The molecule has 2 saturated heterocycles. The molecule has 204 valence electrons. The van der Waals surface area contributed by atoms with E-state index in [9.17, 15) is 13.2 Å². The number of aromatic nitrogens is 4. The van der Waals surface area contributed by atoms with Crippen LogP contribution in [-0.2, 0) is 17.5 Å². The molecule has 2 aliphatic heterocycles. The van der Waals surface area contributed by atoms with E-state index in [-0.39, 0.29) is 0 Å². The molecule has 12 heteroatoms. The Morgan fingerprint density at radius 2 is 1.62 bits per heavy atom. The number of alkyl halides is 3. The van der Waals surface area contributed by atoms with Gasteiger partial charge in [-0.05, 0) is 51.8 Å². The molecule has 2 aliphatic rings. The highest BCUT2D eigenvalue weighted by atomic mass is 79.9. The first kappa shape index (κ1) is 26.0. The van der Waals surface area contributed by atoms with Gasteiger partial charge in [-0.3, -0.25) is 9.88 Å². The Morgan fingerprint density at radius 3 is 2.28 bits per heavy atom. The topological polar surface area (TPSA) is 73.4 Å². The Balaban J connectivity index is 1.16. The van der Waals surface area contributed by atoms with Gasteiger partial charge in [-0.25, -0.2) is 9.97 Å². The van der Waals surface area contributed by atoms with Crippen molar-refractivity contribution >= 4 is 38.5 Å². The maximum absolute atomic E-state index is 12.8. The first-order valence-electron chi connectivity index (χ1n) is 12.8. The van der Waals surface area contributed by atoms with Crippen LogP contribution in [0.2, 0.25) is 0 Å². The molecule has 0 aliphatic carbocycles. The molecule has 0 atom stereocenters. The Morgan fingerprint density at radius 1 is 0.872 bits per heavy atom. The van der Waals surface area contributed by atoms with Crippen LogP contribution in [-0.4, -0.2) is 77.3 Å². The largest absolute Gasteiger partial charge is 0.433 e. The molecule has 0 bridgehead atoms. The molecule has 0 spiro atoms. The lowest BCUT2D eigenvalue weighted by atomic mass is 10.2. The number of ether oxygens (including phenoxy) is 1. The van der Waals surface area contributed by atoms with Gasteiger partial charge in [-0.2, -0.15) is 13.2 Å². The van der Waals surface area contributed by atoms with Crippen molar-refractivity contribution < 1.29 is 17.9 Å². The highest BCUT2D eigenvalue weighted by molar-refractivity contribution is 9.10. The van der Waals surface area contributed by atoms with E-state index in [0.717, 1.165) is 96.8 Å². The lowest BCUT2D eigenvalue weighted by molar-refractivity contribution is -0.141. The molecule has 1 aromatic carbocycles. The summed E-state index contributed by atoms with van der Waals surface area (Å²) in [5.41, 5.74) is 4.57. The van der Waals surface area contributed by atoms with E-state index in [4.69, 9.17) is 9.72 Å². The summed E-state index contributed by atoms with van der Waals surface area (Å²) in [6.07, 6.45) is -1.32. The number of morpholine rings is 1. The fraction of sp³-hybridized carbons (Fsp3) is 0.370. The Hall–Kier alpha value is -3.22. The summed E-state index contributed by atoms with van der Waals surface area (Å²) in [7, 11) is 0. The predicted molar refractivity (Wildman–Crippen MR) is 147 cm³/mol. The maximum atomic E-state index is 12.8. The summed E-state index contributed by atoms with van der Waals surface area (Å²) in [6.45, 7) is 6.85. The molecule has 8 nitrogen and oxygen atoms in total. The van der Waals surface area contributed by atoms with Crippen molar-refractivity contribution in [3.63, 3.8) is 0 Å². The molecule has 6 rings (SSSR count). The van der Waals surface area contributed by atoms with E-state index in [2.05, 4.69) is 69.8 Å². The van der Waals surface area contributed by atoms with Crippen molar-refractivity contribution in [2.24, 2.45) is 0 Å². The number of anilines is 2. The Kier molecular flexibility index (Phi) is 7.17. The highest BCUT2D eigenvalue weighted by Crippen LogP contribution is 2.35. The molecular weight excluding hydrogens is 575 g/mol. The number of fused-ring (bicyclic) bond motifs is 1. The first-order chi connectivity index (χ1) is 18.8. The number of rotatable bonds is 5. The van der Waals surface area contributed by atoms with Crippen molar-refractivity contribution in [1.29, 1.82) is 0 Å². The van der Waals surface area contributed by atoms with Crippen LogP contribution in [0.3, 0.4) is 0 Å². The van der Waals surface area contributed by atoms with Crippen molar-refractivity contribution in [3.05, 3.63) is 64.5 Å². The van der Waals surface area contributed by atoms with Crippen molar-refractivity contribution in [2.75, 3.05) is 62.3 Å². The van der Waals surface area contributed by atoms with Crippen molar-refractivity contribution in [1.82, 2.24) is 24.8 Å². The van der Waals surface area contributed by atoms with Crippen molar-refractivity contribution in [2.45, 2.75) is 12.7 Å². The van der Waals surface area contributed by atoms with Crippen LogP contribution in [0, 0.1) is 0 Å². The lowest BCUT2D eigenvalue weighted by Gasteiger charge is -2.36. The van der Waals surface area contributed by atoms with E-state index in [1.165, 1.54) is 18.0 Å². The Labute approximate surface area is 231 Å². The number of aromatic amines is 1. The number of H-pyrrole nitrogens is 1. The van der Waals surface area contributed by atoms with E-state index >= 15 is 0 Å². The van der Waals surface area contributed by atoms with Gasteiger partial charge in [0.25, 0.3) is 0 Å². The van der Waals surface area contributed by atoms with E-state index < -0.39 is 11.9 Å². The number of nitrogens with zero attached hydrogens (tertiary/aromatic N) is 6. The number of benzene rings is 1. The van der Waals surface area contributed by atoms with E-state index in [0.29, 0.717) is 6.54 Å². The molecule has 0 unspecified atom stereocenters. The second-order valence-corrected chi connectivity index (χ2v) is 10.6. The predicted octanol–water partition coefficient (Wildman–Crippen LogP) is 4.96. The number of imidazole rings is 1. The van der Waals surface area contributed by atoms with E-state index in [1.807, 2.05) is 0 Å². The summed E-state index contributed by atoms with van der Waals surface area (Å²) in [5, 5.41) is 0. The second kappa shape index (κ2) is 10.7. The number of nitrogens with one attached hydrogen (secondary N) is 1. The van der Waals surface area contributed by atoms with Crippen LogP contribution < -0.4 is 9.80 Å². The summed E-state index contributed by atoms with van der Waals surface area (Å²) in [5.74, 6) is 0.763. The monoisotopic (exact) mass is 601 g/mol. The minimum absolute atomic E-state index is 0.554. The summed E-state index contributed by atoms with van der Waals surface area (Å²) in [6, 6.07) is 10.9. The fourth-order valence-corrected chi connectivity index (χ4v) is 5.62. The number of hydrogen-bond donors (Lipinski definition) is 1. The SMILES string of the molecule is FC(F)(F)c1ccc(CN2CCN(c3c(Br)cnc4[nH]c(-c5ccc(N6CCOCC6)cc5)nc34)CC2)cn1. The maximum Gasteiger partial charge on any atom is 0.433 e. The minimum atomic E-state index is -4.42. The zero-order valence-corrected chi connectivity index (χ0v) is 22.7. The van der Waals surface area contributed by atoms with Gasteiger partial charge >= 0.3 is 6.18 Å². The van der Waals surface area contributed by atoms with Gasteiger partial charge in [-0.15, -0.1) is 0 Å². The zero-order chi connectivity index (χ0) is 27.0. The average molecular weight is 602 g/mol. The summed E-state index contributed by atoms with van der Waals surface area (Å²) in [4.78, 5) is 23.3. The Bertz CT molecular complexity index is 1430. The third-order valence-corrected chi connectivity index (χ3v) is 7.75. The van der Waals surface area contributed by atoms with Gasteiger partial charge < -0.3 is 19.5 Å². The van der Waals surface area contributed by atoms with Crippen LogP contribution in [0.15, 0.2) is 53.3 Å². The third kappa shape index (κ3) is 5.59. The molecule has 2 fully saturated rings. The smallest absolute Gasteiger partial charge is 0.378 e. The quantitative estimate of drug-likeness (QED) is 0.346. The van der Waals surface area contributed by atoms with Gasteiger partial charge in [-0.1, -0.05) is 6.07 Å². The third-order valence-electron chi connectivity index (χ3n) is 7.17. The molecule has 3 aromatic heterocycles. The molecular formula is C27H27BrF3N7O. The van der Waals surface area contributed by atoms with Crippen LogP contribution in [0.5, 0.6) is 0 Å². The summed E-state index contributed by atoms with van der Waals surface area (Å²) >= 11 is 3.68. The zero-order valence-electron chi connectivity index (χ0n) is 21.1. The normalized spacial score (nSPS) is 17.2. The van der Waals surface area contributed by atoms with E-state index in [1.54, 1.807) is 6.20 Å². The van der Waals surface area contributed by atoms with Gasteiger partial charge in [0.15, 0.2) is 5.65 Å². The number of hydrogen-bond acceptors (Lipinski definition) is 7. The molecule has 4 aromatic rings. The van der Waals surface area contributed by atoms with Crippen LogP contribution >= 0.6 is 15.9 Å². The fourth-order valence-electron chi connectivity index (χ4n) is 5.08. The highest BCUT2D eigenvalue weighted by Gasteiger charge is 2.32. The molecule has 39 heavy (non-hydrogen) atoms. The van der Waals surface area contributed by atoms with Gasteiger partial charge in [0.1, 0.15) is 17.0 Å². The van der Waals surface area contributed by atoms with Crippen LogP contribution in [0.25, 0.3) is 22.6 Å². The molecule has 0 radical (unpaired) electrons. The summed E-state index contributed by atoms with van der Waals surface area (Å²) < 4.78 is 44.8. The minimum Gasteiger partial charge on any atom is -0.378 e. The lowest BCUT2D eigenvalue weighted by Crippen LogP contribution is -2.46. The molecule has 0 saturated carbocycles. The average Bonchev–Trinajstić information content (AvgIpc) is 3.38.